The number of carboxylic acid groups (broad SMARTS) is 1. The standard InChI is InChI=1S/C16H16BrNO3/c1-10(11-7-8-15(21-2)13(17)9-11)18-14-6-4-3-5-12(14)16(19)20/h3-10,18H,1-2H3,(H,19,20). The number of hydrogen-bond acceptors (Lipinski definition) is 3. The number of benzene rings is 2. The molecule has 0 spiro atoms. The maximum atomic E-state index is 11.2. The predicted octanol–water partition coefficient (Wildman–Crippen LogP) is 4.33. The number of anilines is 1. The minimum absolute atomic E-state index is 0.0345. The van der Waals surface area contributed by atoms with Crippen LogP contribution in [-0.4, -0.2) is 18.2 Å². The molecule has 2 rings (SSSR count). The molecule has 0 radical (unpaired) electrons. The number of methoxy groups -OCH3 is 1. The van der Waals surface area contributed by atoms with Gasteiger partial charge in [-0.05, 0) is 52.7 Å². The first-order valence-electron chi connectivity index (χ1n) is 6.45. The second-order valence-electron chi connectivity index (χ2n) is 4.61. The molecule has 0 saturated carbocycles. The summed E-state index contributed by atoms with van der Waals surface area (Å²) in [7, 11) is 1.62. The molecule has 0 aliphatic carbocycles. The third kappa shape index (κ3) is 3.55. The number of rotatable bonds is 5. The summed E-state index contributed by atoms with van der Waals surface area (Å²) in [4.78, 5) is 11.2. The normalized spacial score (nSPS) is 11.8. The van der Waals surface area contributed by atoms with Crippen molar-refractivity contribution < 1.29 is 14.6 Å². The highest BCUT2D eigenvalue weighted by Crippen LogP contribution is 2.29. The van der Waals surface area contributed by atoms with Gasteiger partial charge in [0.1, 0.15) is 5.75 Å². The Labute approximate surface area is 131 Å². The Kier molecular flexibility index (Phi) is 4.85. The number of nitrogens with one attached hydrogen (secondary N) is 1. The van der Waals surface area contributed by atoms with Crippen LogP contribution in [0.4, 0.5) is 5.69 Å². The Morgan fingerprint density at radius 2 is 2.00 bits per heavy atom. The lowest BCUT2D eigenvalue weighted by Crippen LogP contribution is -2.10. The van der Waals surface area contributed by atoms with E-state index in [-0.39, 0.29) is 11.6 Å². The Bertz CT molecular complexity index is 658. The molecule has 0 aliphatic heterocycles. The van der Waals surface area contributed by atoms with E-state index in [0.717, 1.165) is 15.8 Å². The molecule has 2 aromatic carbocycles. The molecule has 0 heterocycles. The fraction of sp³-hybridized carbons (Fsp3) is 0.188. The molecule has 0 aromatic heterocycles. The van der Waals surface area contributed by atoms with E-state index in [9.17, 15) is 9.90 Å². The topological polar surface area (TPSA) is 58.6 Å². The van der Waals surface area contributed by atoms with Crippen LogP contribution in [0.2, 0.25) is 0 Å². The fourth-order valence-electron chi connectivity index (χ4n) is 2.06. The van der Waals surface area contributed by atoms with Crippen molar-refractivity contribution in [2.75, 3.05) is 12.4 Å². The van der Waals surface area contributed by atoms with E-state index < -0.39 is 5.97 Å². The van der Waals surface area contributed by atoms with Gasteiger partial charge in [-0.1, -0.05) is 18.2 Å². The molecule has 21 heavy (non-hydrogen) atoms. The van der Waals surface area contributed by atoms with Crippen molar-refractivity contribution in [3.05, 3.63) is 58.1 Å². The summed E-state index contributed by atoms with van der Waals surface area (Å²) in [6, 6.07) is 12.6. The van der Waals surface area contributed by atoms with Gasteiger partial charge in [0.2, 0.25) is 0 Å². The van der Waals surface area contributed by atoms with Gasteiger partial charge in [0.25, 0.3) is 0 Å². The van der Waals surface area contributed by atoms with Gasteiger partial charge < -0.3 is 15.2 Å². The van der Waals surface area contributed by atoms with Crippen LogP contribution in [0.5, 0.6) is 5.75 Å². The fourth-order valence-corrected chi connectivity index (χ4v) is 2.62. The third-order valence-electron chi connectivity index (χ3n) is 3.21. The molecule has 2 aromatic rings. The van der Waals surface area contributed by atoms with E-state index >= 15 is 0 Å². The smallest absolute Gasteiger partial charge is 0.337 e. The second-order valence-corrected chi connectivity index (χ2v) is 5.47. The zero-order valence-electron chi connectivity index (χ0n) is 11.8. The zero-order valence-corrected chi connectivity index (χ0v) is 13.3. The van der Waals surface area contributed by atoms with Gasteiger partial charge in [-0.3, -0.25) is 0 Å². The number of halogens is 1. The van der Waals surface area contributed by atoms with Crippen molar-refractivity contribution in [3.63, 3.8) is 0 Å². The average Bonchev–Trinajstić information content (AvgIpc) is 2.47. The van der Waals surface area contributed by atoms with Gasteiger partial charge in [-0.2, -0.15) is 0 Å². The van der Waals surface area contributed by atoms with Crippen molar-refractivity contribution in [2.24, 2.45) is 0 Å². The van der Waals surface area contributed by atoms with Crippen LogP contribution in [0.3, 0.4) is 0 Å². The average molecular weight is 350 g/mol. The Hall–Kier alpha value is -2.01. The number of ether oxygens (including phenoxy) is 1. The van der Waals surface area contributed by atoms with Crippen LogP contribution in [0.15, 0.2) is 46.9 Å². The molecule has 0 aliphatic rings. The van der Waals surface area contributed by atoms with E-state index in [1.807, 2.05) is 31.2 Å². The first-order valence-corrected chi connectivity index (χ1v) is 7.24. The number of para-hydroxylation sites is 1. The molecular formula is C16H16BrNO3. The monoisotopic (exact) mass is 349 g/mol. The van der Waals surface area contributed by atoms with Gasteiger partial charge >= 0.3 is 5.97 Å². The highest BCUT2D eigenvalue weighted by molar-refractivity contribution is 9.10. The molecule has 1 atom stereocenters. The van der Waals surface area contributed by atoms with Crippen LogP contribution in [0.25, 0.3) is 0 Å². The Morgan fingerprint density at radius 1 is 1.29 bits per heavy atom. The van der Waals surface area contributed by atoms with Gasteiger partial charge in [0.15, 0.2) is 0 Å². The summed E-state index contributed by atoms with van der Waals surface area (Å²) in [5.41, 5.74) is 1.89. The van der Waals surface area contributed by atoms with Crippen molar-refractivity contribution in [3.8, 4) is 5.75 Å². The number of aromatic carboxylic acids is 1. The number of hydrogen-bond donors (Lipinski definition) is 2. The maximum Gasteiger partial charge on any atom is 0.337 e. The lowest BCUT2D eigenvalue weighted by molar-refractivity contribution is 0.0698. The first kappa shape index (κ1) is 15.4. The molecule has 2 N–H and O–H groups in total. The van der Waals surface area contributed by atoms with Crippen molar-refractivity contribution in [1.29, 1.82) is 0 Å². The predicted molar refractivity (Wildman–Crippen MR) is 86.1 cm³/mol. The first-order chi connectivity index (χ1) is 10.0. The summed E-state index contributed by atoms with van der Waals surface area (Å²) in [6.45, 7) is 1.98. The van der Waals surface area contributed by atoms with Gasteiger partial charge in [0, 0.05) is 11.7 Å². The Balaban J connectivity index is 2.24. The van der Waals surface area contributed by atoms with Crippen molar-refractivity contribution in [1.82, 2.24) is 0 Å². The van der Waals surface area contributed by atoms with Gasteiger partial charge in [-0.25, -0.2) is 4.79 Å². The molecular weight excluding hydrogens is 334 g/mol. The molecule has 110 valence electrons. The van der Waals surface area contributed by atoms with Crippen LogP contribution in [-0.2, 0) is 0 Å². The number of carbonyl (C=O) groups is 1. The lowest BCUT2D eigenvalue weighted by atomic mass is 10.1. The molecule has 0 saturated heterocycles. The highest BCUT2D eigenvalue weighted by atomic mass is 79.9. The quantitative estimate of drug-likeness (QED) is 0.843. The van der Waals surface area contributed by atoms with E-state index in [1.54, 1.807) is 25.3 Å². The number of carboxylic acids is 1. The van der Waals surface area contributed by atoms with Crippen molar-refractivity contribution >= 4 is 27.6 Å². The van der Waals surface area contributed by atoms with Gasteiger partial charge in [0.05, 0.1) is 17.1 Å². The van der Waals surface area contributed by atoms with Gasteiger partial charge in [-0.15, -0.1) is 0 Å². The summed E-state index contributed by atoms with van der Waals surface area (Å²) in [5.74, 6) is -0.182. The van der Waals surface area contributed by atoms with Crippen LogP contribution in [0.1, 0.15) is 28.9 Å². The summed E-state index contributed by atoms with van der Waals surface area (Å²) in [5, 5.41) is 12.4. The molecule has 0 bridgehead atoms. The van der Waals surface area contributed by atoms with E-state index in [1.165, 1.54) is 0 Å². The van der Waals surface area contributed by atoms with E-state index in [0.29, 0.717) is 5.69 Å². The molecule has 4 nitrogen and oxygen atoms in total. The SMILES string of the molecule is COc1ccc(C(C)Nc2ccccc2C(=O)O)cc1Br. The zero-order chi connectivity index (χ0) is 15.4. The van der Waals surface area contributed by atoms with Crippen molar-refractivity contribution in [2.45, 2.75) is 13.0 Å². The van der Waals surface area contributed by atoms with E-state index in [4.69, 9.17) is 4.74 Å². The summed E-state index contributed by atoms with van der Waals surface area (Å²) >= 11 is 3.45. The lowest BCUT2D eigenvalue weighted by Gasteiger charge is -2.18. The molecule has 1 unspecified atom stereocenters. The molecule has 5 heteroatoms. The van der Waals surface area contributed by atoms with Crippen LogP contribution >= 0.6 is 15.9 Å². The minimum Gasteiger partial charge on any atom is -0.496 e. The second kappa shape index (κ2) is 6.63. The maximum absolute atomic E-state index is 11.2. The summed E-state index contributed by atoms with van der Waals surface area (Å²) < 4.78 is 6.07. The third-order valence-corrected chi connectivity index (χ3v) is 3.83. The van der Waals surface area contributed by atoms with Crippen LogP contribution < -0.4 is 10.1 Å². The molecule has 0 amide bonds. The minimum atomic E-state index is -0.943. The molecule has 0 fully saturated rings. The largest absolute Gasteiger partial charge is 0.496 e. The highest BCUT2D eigenvalue weighted by Gasteiger charge is 2.13. The van der Waals surface area contributed by atoms with E-state index in [2.05, 4.69) is 21.2 Å². The van der Waals surface area contributed by atoms with Crippen LogP contribution in [0, 0.1) is 0 Å². The summed E-state index contributed by atoms with van der Waals surface area (Å²) in [6.07, 6.45) is 0. The Morgan fingerprint density at radius 3 is 2.62 bits per heavy atom.